The number of hydrogen-bond acceptors (Lipinski definition) is 6. The first-order valence-electron chi connectivity index (χ1n) is 12.6. The maximum Gasteiger partial charge on any atom is 0.182 e. The van der Waals surface area contributed by atoms with Crippen molar-refractivity contribution in [3.05, 3.63) is 60.6 Å². The van der Waals surface area contributed by atoms with Crippen molar-refractivity contribution in [1.82, 2.24) is 34.4 Å². The van der Waals surface area contributed by atoms with E-state index in [9.17, 15) is 0 Å². The van der Waals surface area contributed by atoms with E-state index in [4.69, 9.17) is 10.1 Å². The van der Waals surface area contributed by atoms with Crippen LogP contribution in [0, 0.1) is 11.8 Å². The van der Waals surface area contributed by atoms with Crippen LogP contribution in [0.1, 0.15) is 43.4 Å². The molecule has 174 valence electrons. The highest BCUT2D eigenvalue weighted by Gasteiger charge is 2.42. The van der Waals surface area contributed by atoms with Crippen LogP contribution >= 0.6 is 0 Å². The van der Waals surface area contributed by atoms with Crippen LogP contribution in [-0.2, 0) is 13.1 Å². The molecule has 4 aromatic heterocycles. The molecule has 4 fully saturated rings. The number of fused-ring (bicyclic) bond motifs is 2. The molecule has 0 unspecified atom stereocenters. The van der Waals surface area contributed by atoms with Crippen LogP contribution in [0.25, 0.3) is 17.0 Å². The second kappa shape index (κ2) is 8.20. The molecule has 2 bridgehead atoms. The highest BCUT2D eigenvalue weighted by molar-refractivity contribution is 5.62. The van der Waals surface area contributed by atoms with E-state index in [1.54, 1.807) is 6.33 Å². The first-order valence-corrected chi connectivity index (χ1v) is 12.6. The Hall–Kier alpha value is -3.26. The summed E-state index contributed by atoms with van der Waals surface area (Å²) in [5, 5.41) is 8.31. The molecule has 34 heavy (non-hydrogen) atoms. The molecule has 2 saturated carbocycles. The van der Waals surface area contributed by atoms with Gasteiger partial charge in [0.2, 0.25) is 0 Å². The predicted molar refractivity (Wildman–Crippen MR) is 130 cm³/mol. The summed E-state index contributed by atoms with van der Waals surface area (Å²) >= 11 is 0. The highest BCUT2D eigenvalue weighted by atomic mass is 15.3. The summed E-state index contributed by atoms with van der Waals surface area (Å²) in [6.07, 6.45) is 16.7. The van der Waals surface area contributed by atoms with Crippen molar-refractivity contribution in [2.45, 2.75) is 51.2 Å². The molecular formula is C26H30N8. The molecule has 1 N–H and O–H groups in total. The lowest BCUT2D eigenvalue weighted by atomic mass is 9.85. The van der Waals surface area contributed by atoms with Crippen LogP contribution in [-0.4, -0.2) is 48.3 Å². The van der Waals surface area contributed by atoms with E-state index in [2.05, 4.69) is 55.2 Å². The Balaban J connectivity index is 1.03. The number of pyridine rings is 2. The topological polar surface area (TPSA) is 76.2 Å². The van der Waals surface area contributed by atoms with Gasteiger partial charge in [0.15, 0.2) is 5.82 Å². The van der Waals surface area contributed by atoms with Gasteiger partial charge in [0.25, 0.3) is 0 Å². The molecule has 0 spiro atoms. The third-order valence-electron chi connectivity index (χ3n) is 7.83. The standard InChI is InChI=1S/C26H30N8/c1-2-18(3-1)9-27-10-19-4-5-25-30-22(15-32(25)13-19)16-33-17-29-26(31-33)21-8-24(12-28-11-21)34-14-20-6-23(34)7-20/h4-5,8,11-13,15,17-18,20,23,27H,1-3,6-7,9-10,14,16H2. The normalized spacial score (nSPS) is 21.7. The van der Waals surface area contributed by atoms with Gasteiger partial charge in [-0.1, -0.05) is 12.5 Å². The van der Waals surface area contributed by atoms with Gasteiger partial charge in [-0.25, -0.2) is 14.6 Å². The van der Waals surface area contributed by atoms with Crippen LogP contribution in [0.15, 0.2) is 49.3 Å². The fourth-order valence-electron chi connectivity index (χ4n) is 5.61. The van der Waals surface area contributed by atoms with E-state index in [1.807, 2.05) is 17.1 Å². The number of hydrogen-bond donors (Lipinski definition) is 1. The van der Waals surface area contributed by atoms with E-state index >= 15 is 0 Å². The number of nitrogens with zero attached hydrogens (tertiary/aromatic N) is 7. The van der Waals surface area contributed by atoms with E-state index in [1.165, 1.54) is 43.4 Å². The van der Waals surface area contributed by atoms with Crippen molar-refractivity contribution in [2.75, 3.05) is 18.0 Å². The van der Waals surface area contributed by atoms with Gasteiger partial charge >= 0.3 is 0 Å². The van der Waals surface area contributed by atoms with Crippen LogP contribution in [0.2, 0.25) is 0 Å². The zero-order chi connectivity index (χ0) is 22.5. The average molecular weight is 455 g/mol. The molecule has 6 heterocycles. The molecule has 0 aromatic carbocycles. The van der Waals surface area contributed by atoms with Gasteiger partial charge in [-0.2, -0.15) is 5.10 Å². The fourth-order valence-corrected chi connectivity index (χ4v) is 5.61. The number of imidazole rings is 1. The Morgan fingerprint density at radius 2 is 2.03 bits per heavy atom. The minimum Gasteiger partial charge on any atom is -0.367 e. The maximum atomic E-state index is 4.78. The Morgan fingerprint density at radius 3 is 2.85 bits per heavy atom. The van der Waals surface area contributed by atoms with Crippen LogP contribution in [0.4, 0.5) is 5.69 Å². The molecule has 2 aliphatic heterocycles. The summed E-state index contributed by atoms with van der Waals surface area (Å²) in [5.41, 5.74) is 5.37. The van der Waals surface area contributed by atoms with Crippen molar-refractivity contribution in [2.24, 2.45) is 11.8 Å². The summed E-state index contributed by atoms with van der Waals surface area (Å²) in [5.74, 6) is 2.46. The van der Waals surface area contributed by atoms with Crippen molar-refractivity contribution >= 4 is 11.3 Å². The van der Waals surface area contributed by atoms with Crippen molar-refractivity contribution in [3.63, 3.8) is 0 Å². The molecule has 8 heteroatoms. The third kappa shape index (κ3) is 3.76. The van der Waals surface area contributed by atoms with Gasteiger partial charge in [0.05, 0.1) is 24.1 Å². The van der Waals surface area contributed by atoms with Crippen molar-refractivity contribution in [1.29, 1.82) is 0 Å². The summed E-state index contributed by atoms with van der Waals surface area (Å²) in [6, 6.07) is 7.13. The smallest absolute Gasteiger partial charge is 0.182 e. The first-order chi connectivity index (χ1) is 16.8. The van der Waals surface area contributed by atoms with Crippen LogP contribution < -0.4 is 10.2 Å². The number of aromatic nitrogens is 6. The minimum atomic E-state index is 0.590. The first kappa shape index (κ1) is 20.1. The average Bonchev–Trinajstić information content (AvgIpc) is 3.58. The second-order valence-corrected chi connectivity index (χ2v) is 10.3. The van der Waals surface area contributed by atoms with Gasteiger partial charge in [0, 0.05) is 43.3 Å². The molecule has 8 rings (SSSR count). The summed E-state index contributed by atoms with van der Waals surface area (Å²) in [4.78, 5) is 16.3. The zero-order valence-electron chi connectivity index (χ0n) is 19.3. The number of rotatable bonds is 8. The highest BCUT2D eigenvalue weighted by Crippen LogP contribution is 2.43. The third-order valence-corrected chi connectivity index (χ3v) is 7.83. The quantitative estimate of drug-likeness (QED) is 0.439. The van der Waals surface area contributed by atoms with Gasteiger partial charge in [-0.15, -0.1) is 0 Å². The second-order valence-electron chi connectivity index (χ2n) is 10.3. The zero-order valence-corrected chi connectivity index (χ0v) is 19.3. The summed E-state index contributed by atoms with van der Waals surface area (Å²) in [7, 11) is 0. The van der Waals surface area contributed by atoms with Crippen LogP contribution in [0.5, 0.6) is 0 Å². The SMILES string of the molecule is c1cc2nc(Cn3cnc(-c4cncc(N5CC6CC5C6)c4)n3)cn2cc1CNCC1CCC1. The lowest BCUT2D eigenvalue weighted by Gasteiger charge is -2.27. The van der Waals surface area contributed by atoms with Crippen LogP contribution in [0.3, 0.4) is 0 Å². The molecule has 2 aliphatic carbocycles. The Morgan fingerprint density at radius 1 is 1.09 bits per heavy atom. The molecular weight excluding hydrogens is 424 g/mol. The van der Waals surface area contributed by atoms with Gasteiger partial charge in [-0.05, 0) is 61.8 Å². The molecule has 0 atom stereocenters. The maximum absolute atomic E-state index is 4.78. The Kier molecular flexibility index (Phi) is 4.86. The predicted octanol–water partition coefficient (Wildman–Crippen LogP) is 3.52. The van der Waals surface area contributed by atoms with Gasteiger partial charge in [-0.3, -0.25) is 4.98 Å². The van der Waals surface area contributed by atoms with E-state index in [0.717, 1.165) is 48.4 Å². The molecule has 0 amide bonds. The van der Waals surface area contributed by atoms with E-state index < -0.39 is 0 Å². The fraction of sp³-hybridized carbons (Fsp3) is 0.462. The summed E-state index contributed by atoms with van der Waals surface area (Å²) < 4.78 is 3.97. The molecule has 0 radical (unpaired) electrons. The molecule has 8 nitrogen and oxygen atoms in total. The monoisotopic (exact) mass is 454 g/mol. The lowest BCUT2D eigenvalue weighted by Crippen LogP contribution is -2.28. The van der Waals surface area contributed by atoms with E-state index in [-0.39, 0.29) is 0 Å². The molecule has 2 saturated heterocycles. The van der Waals surface area contributed by atoms with E-state index in [0.29, 0.717) is 18.4 Å². The Labute approximate surface area is 199 Å². The minimum absolute atomic E-state index is 0.590. The van der Waals surface area contributed by atoms with Gasteiger partial charge < -0.3 is 14.6 Å². The Bertz CT molecular complexity index is 1310. The molecule has 4 aliphatic rings. The lowest BCUT2D eigenvalue weighted by molar-refractivity contribution is 0.301. The van der Waals surface area contributed by atoms with Crippen molar-refractivity contribution in [3.8, 4) is 11.4 Å². The van der Waals surface area contributed by atoms with Crippen molar-refractivity contribution < 1.29 is 0 Å². The van der Waals surface area contributed by atoms with Gasteiger partial charge in [0.1, 0.15) is 12.0 Å². The molecule has 4 aromatic rings. The summed E-state index contributed by atoms with van der Waals surface area (Å²) in [6.45, 7) is 3.77. The number of nitrogens with one attached hydrogen (secondary N) is 1. The largest absolute Gasteiger partial charge is 0.367 e. The number of anilines is 1.